The molecule has 0 aliphatic carbocycles. The average molecular weight is 287 g/mol. The van der Waals surface area contributed by atoms with Crippen molar-refractivity contribution in [1.82, 2.24) is 4.98 Å². The van der Waals surface area contributed by atoms with Crippen LogP contribution in [-0.4, -0.2) is 10.1 Å². The Morgan fingerprint density at radius 2 is 1.89 bits per heavy atom. The molecule has 3 aromatic rings. The third kappa shape index (κ3) is 2.55. The minimum absolute atomic E-state index is 0.284. The van der Waals surface area contributed by atoms with Gasteiger partial charge in [0.05, 0.1) is 10.6 Å². The van der Waals surface area contributed by atoms with Crippen LogP contribution in [-0.2, 0) is 6.42 Å². The van der Waals surface area contributed by atoms with Crippen LogP contribution < -0.4 is 0 Å². The predicted octanol–water partition coefficient (Wildman–Crippen LogP) is 4.81. The standard InChI is InChI=1S/C15H13NOS2/c1-2-12-7-8-14(19-12)13-9-18-15(16-13)10-3-5-11(17)6-4-10/h3-9,17H,2H2,1H3. The monoisotopic (exact) mass is 287 g/mol. The lowest BCUT2D eigenvalue weighted by Crippen LogP contribution is -1.76. The van der Waals surface area contributed by atoms with E-state index >= 15 is 0 Å². The van der Waals surface area contributed by atoms with Crippen LogP contribution in [0, 0.1) is 0 Å². The summed E-state index contributed by atoms with van der Waals surface area (Å²) in [6.07, 6.45) is 1.07. The fourth-order valence-corrected chi connectivity index (χ4v) is 3.64. The van der Waals surface area contributed by atoms with Crippen molar-refractivity contribution >= 4 is 22.7 Å². The number of nitrogens with zero attached hydrogens (tertiary/aromatic N) is 1. The number of phenols is 1. The zero-order chi connectivity index (χ0) is 13.2. The number of benzene rings is 1. The van der Waals surface area contributed by atoms with E-state index in [1.54, 1.807) is 34.8 Å². The minimum atomic E-state index is 0.284. The van der Waals surface area contributed by atoms with Crippen molar-refractivity contribution in [2.24, 2.45) is 0 Å². The van der Waals surface area contributed by atoms with Crippen molar-refractivity contribution in [3.63, 3.8) is 0 Å². The molecule has 0 amide bonds. The van der Waals surface area contributed by atoms with Crippen molar-refractivity contribution in [3.8, 4) is 26.9 Å². The molecule has 0 aliphatic heterocycles. The van der Waals surface area contributed by atoms with Crippen LogP contribution in [0.4, 0.5) is 0 Å². The molecule has 0 bridgehead atoms. The molecule has 3 rings (SSSR count). The number of phenolic OH excluding ortho intramolecular Hbond substituents is 1. The topological polar surface area (TPSA) is 33.1 Å². The molecule has 0 saturated carbocycles. The van der Waals surface area contributed by atoms with Crippen LogP contribution in [0.5, 0.6) is 5.75 Å². The first-order chi connectivity index (χ1) is 9.26. The predicted molar refractivity (Wildman–Crippen MR) is 81.9 cm³/mol. The highest BCUT2D eigenvalue weighted by molar-refractivity contribution is 7.16. The minimum Gasteiger partial charge on any atom is -0.508 e. The molecule has 2 nitrogen and oxygen atoms in total. The van der Waals surface area contributed by atoms with Crippen LogP contribution in [0.3, 0.4) is 0 Å². The summed E-state index contributed by atoms with van der Waals surface area (Å²) in [4.78, 5) is 7.28. The number of thiophene rings is 1. The Labute approximate surface area is 120 Å². The maximum absolute atomic E-state index is 9.30. The highest BCUT2D eigenvalue weighted by atomic mass is 32.1. The summed E-state index contributed by atoms with van der Waals surface area (Å²) in [5.41, 5.74) is 2.08. The molecule has 0 radical (unpaired) electrons. The van der Waals surface area contributed by atoms with Gasteiger partial charge in [-0.2, -0.15) is 0 Å². The number of aryl methyl sites for hydroxylation is 1. The van der Waals surface area contributed by atoms with Crippen molar-refractivity contribution in [2.75, 3.05) is 0 Å². The largest absolute Gasteiger partial charge is 0.508 e. The summed E-state index contributed by atoms with van der Waals surface area (Å²) in [5, 5.41) is 12.4. The summed E-state index contributed by atoms with van der Waals surface area (Å²) in [6, 6.07) is 11.5. The van der Waals surface area contributed by atoms with Crippen molar-refractivity contribution < 1.29 is 5.11 Å². The van der Waals surface area contributed by atoms with Crippen molar-refractivity contribution in [1.29, 1.82) is 0 Å². The van der Waals surface area contributed by atoms with Crippen LogP contribution in [0.2, 0.25) is 0 Å². The zero-order valence-electron chi connectivity index (χ0n) is 10.5. The first kappa shape index (κ1) is 12.4. The van der Waals surface area contributed by atoms with Crippen molar-refractivity contribution in [2.45, 2.75) is 13.3 Å². The van der Waals surface area contributed by atoms with Gasteiger partial charge in [0.15, 0.2) is 0 Å². The fourth-order valence-electron chi connectivity index (χ4n) is 1.83. The molecule has 0 saturated heterocycles. The van der Waals surface area contributed by atoms with Crippen LogP contribution in [0.25, 0.3) is 21.1 Å². The third-order valence-corrected chi connectivity index (χ3v) is 5.02. The van der Waals surface area contributed by atoms with Gasteiger partial charge in [-0.05, 0) is 42.8 Å². The maximum atomic E-state index is 9.30. The molecule has 2 heterocycles. The Bertz CT molecular complexity index is 682. The quantitative estimate of drug-likeness (QED) is 0.750. The Hall–Kier alpha value is -1.65. The highest BCUT2D eigenvalue weighted by Gasteiger charge is 2.08. The smallest absolute Gasteiger partial charge is 0.124 e. The second-order valence-electron chi connectivity index (χ2n) is 4.20. The molecule has 0 fully saturated rings. The van der Waals surface area contributed by atoms with Gasteiger partial charge < -0.3 is 5.11 Å². The lowest BCUT2D eigenvalue weighted by atomic mass is 10.2. The highest BCUT2D eigenvalue weighted by Crippen LogP contribution is 2.33. The molecule has 0 spiro atoms. The summed E-state index contributed by atoms with van der Waals surface area (Å²) in [7, 11) is 0. The second-order valence-corrected chi connectivity index (χ2v) is 6.23. The summed E-state index contributed by atoms with van der Waals surface area (Å²) in [6.45, 7) is 2.17. The average Bonchev–Trinajstić information content (AvgIpc) is 3.08. The third-order valence-electron chi connectivity index (χ3n) is 2.88. The fraction of sp³-hybridized carbons (Fsp3) is 0.133. The normalized spacial score (nSPS) is 10.8. The summed E-state index contributed by atoms with van der Waals surface area (Å²) in [5.74, 6) is 0.284. The molecule has 0 aliphatic rings. The van der Waals surface area contributed by atoms with E-state index in [1.807, 2.05) is 12.1 Å². The number of aromatic hydroxyl groups is 1. The van der Waals surface area contributed by atoms with E-state index in [0.29, 0.717) is 0 Å². The molecule has 0 atom stereocenters. The molecule has 4 heteroatoms. The SMILES string of the molecule is CCc1ccc(-c2csc(-c3ccc(O)cc3)n2)s1. The maximum Gasteiger partial charge on any atom is 0.124 e. The lowest BCUT2D eigenvalue weighted by molar-refractivity contribution is 0.475. The van der Waals surface area contributed by atoms with E-state index in [-0.39, 0.29) is 5.75 Å². The Kier molecular flexibility index (Phi) is 3.36. The molecular formula is C15H13NOS2. The molecule has 1 aromatic carbocycles. The van der Waals surface area contributed by atoms with Crippen LogP contribution >= 0.6 is 22.7 Å². The first-order valence-electron chi connectivity index (χ1n) is 6.10. The number of thiazole rings is 1. The first-order valence-corrected chi connectivity index (χ1v) is 7.80. The molecular weight excluding hydrogens is 274 g/mol. The van der Waals surface area contributed by atoms with E-state index in [4.69, 9.17) is 0 Å². The molecule has 96 valence electrons. The van der Waals surface area contributed by atoms with Gasteiger partial charge in [-0.1, -0.05) is 6.92 Å². The van der Waals surface area contributed by atoms with Gasteiger partial charge in [-0.25, -0.2) is 4.98 Å². The van der Waals surface area contributed by atoms with E-state index in [0.717, 1.165) is 22.7 Å². The molecule has 19 heavy (non-hydrogen) atoms. The molecule has 2 aromatic heterocycles. The number of hydrogen-bond donors (Lipinski definition) is 1. The number of hydrogen-bond acceptors (Lipinski definition) is 4. The van der Waals surface area contributed by atoms with E-state index in [2.05, 4.69) is 29.4 Å². The van der Waals surface area contributed by atoms with Gasteiger partial charge in [0.1, 0.15) is 10.8 Å². The Balaban J connectivity index is 1.92. The van der Waals surface area contributed by atoms with Gasteiger partial charge in [0.2, 0.25) is 0 Å². The van der Waals surface area contributed by atoms with Gasteiger partial charge in [-0.15, -0.1) is 22.7 Å². The van der Waals surface area contributed by atoms with Crippen LogP contribution in [0.1, 0.15) is 11.8 Å². The van der Waals surface area contributed by atoms with Gasteiger partial charge in [0.25, 0.3) is 0 Å². The molecule has 1 N–H and O–H groups in total. The van der Waals surface area contributed by atoms with Crippen LogP contribution in [0.15, 0.2) is 41.8 Å². The van der Waals surface area contributed by atoms with E-state index < -0.39 is 0 Å². The van der Waals surface area contributed by atoms with Crippen molar-refractivity contribution in [3.05, 3.63) is 46.7 Å². The second kappa shape index (κ2) is 5.15. The van der Waals surface area contributed by atoms with Gasteiger partial charge in [-0.3, -0.25) is 0 Å². The summed E-state index contributed by atoms with van der Waals surface area (Å²) >= 11 is 3.44. The lowest BCUT2D eigenvalue weighted by Gasteiger charge is -1.96. The van der Waals surface area contributed by atoms with Gasteiger partial charge >= 0.3 is 0 Å². The summed E-state index contributed by atoms with van der Waals surface area (Å²) < 4.78 is 0. The van der Waals surface area contributed by atoms with E-state index in [9.17, 15) is 5.11 Å². The number of rotatable bonds is 3. The Morgan fingerprint density at radius 1 is 1.11 bits per heavy atom. The molecule has 0 unspecified atom stereocenters. The van der Waals surface area contributed by atoms with Gasteiger partial charge in [0, 0.05) is 15.8 Å². The number of aromatic nitrogens is 1. The van der Waals surface area contributed by atoms with E-state index in [1.165, 1.54) is 9.75 Å². The Morgan fingerprint density at radius 3 is 2.58 bits per heavy atom. The zero-order valence-corrected chi connectivity index (χ0v) is 12.1.